The van der Waals surface area contributed by atoms with Crippen LogP contribution in [0.2, 0.25) is 0 Å². The first-order chi connectivity index (χ1) is 8.49. The van der Waals surface area contributed by atoms with Crippen molar-refractivity contribution in [1.29, 1.82) is 0 Å². The monoisotopic (exact) mass is 253 g/mol. The number of nitrogens with two attached hydrogens (primary N) is 1. The molecule has 4 heteroatoms. The van der Waals surface area contributed by atoms with Crippen molar-refractivity contribution in [2.75, 3.05) is 13.2 Å². The van der Waals surface area contributed by atoms with Gasteiger partial charge in [0.15, 0.2) is 0 Å². The maximum absolute atomic E-state index is 9.63. The molecule has 0 bridgehead atoms. The number of aliphatic hydroxyl groups excluding tert-OH is 1. The van der Waals surface area contributed by atoms with Crippen LogP contribution >= 0.6 is 0 Å². The molecule has 0 heterocycles. The predicted octanol–water partition coefficient (Wildman–Crippen LogP) is 1.87. The molecule has 1 unspecified atom stereocenters. The van der Waals surface area contributed by atoms with E-state index in [0.717, 1.165) is 11.3 Å². The Kier molecular flexibility index (Phi) is 6.12. The minimum Gasteiger partial charge on any atom is -0.491 e. The van der Waals surface area contributed by atoms with E-state index in [0.29, 0.717) is 0 Å². The Balaban J connectivity index is 2.34. The maximum Gasteiger partial charge on any atom is 0.119 e. The van der Waals surface area contributed by atoms with Gasteiger partial charge in [0.1, 0.15) is 18.5 Å². The molecule has 0 aliphatic rings. The highest BCUT2D eigenvalue weighted by Gasteiger charge is 2.07. The Morgan fingerprint density at radius 1 is 1.11 bits per heavy atom. The Morgan fingerprint density at radius 3 is 2.22 bits per heavy atom. The van der Waals surface area contributed by atoms with E-state index in [2.05, 4.69) is 0 Å². The first kappa shape index (κ1) is 15.0. The second kappa shape index (κ2) is 7.36. The quantitative estimate of drug-likeness (QED) is 0.778. The fourth-order valence-corrected chi connectivity index (χ4v) is 1.41. The molecule has 3 N–H and O–H groups in total. The number of hydrogen-bond acceptors (Lipinski definition) is 4. The number of benzene rings is 1. The van der Waals surface area contributed by atoms with Gasteiger partial charge in [0.25, 0.3) is 0 Å². The predicted molar refractivity (Wildman–Crippen MR) is 71.6 cm³/mol. The summed E-state index contributed by atoms with van der Waals surface area (Å²) in [6, 6.07) is 7.58. The minimum atomic E-state index is -0.611. The van der Waals surface area contributed by atoms with Crippen LogP contribution in [0.5, 0.6) is 5.75 Å². The topological polar surface area (TPSA) is 64.7 Å². The molecular weight excluding hydrogens is 230 g/mol. The summed E-state index contributed by atoms with van der Waals surface area (Å²) in [5.41, 5.74) is 6.82. The van der Waals surface area contributed by atoms with Gasteiger partial charge in [0.2, 0.25) is 0 Å². The Hall–Kier alpha value is -1.10. The van der Waals surface area contributed by atoms with Gasteiger partial charge in [-0.3, -0.25) is 0 Å². The molecule has 1 aromatic carbocycles. The SMILES string of the molecule is CC(C)OCC(O)COc1ccc([C@@H](C)N)cc1. The van der Waals surface area contributed by atoms with Crippen LogP contribution in [0.4, 0.5) is 0 Å². The van der Waals surface area contributed by atoms with E-state index in [1.165, 1.54) is 0 Å². The van der Waals surface area contributed by atoms with Gasteiger partial charge in [-0.25, -0.2) is 0 Å². The summed E-state index contributed by atoms with van der Waals surface area (Å²) in [5, 5.41) is 9.63. The molecule has 0 aliphatic carbocycles. The molecule has 0 aliphatic heterocycles. The van der Waals surface area contributed by atoms with Gasteiger partial charge in [-0.2, -0.15) is 0 Å². The first-order valence-electron chi connectivity index (χ1n) is 6.27. The Labute approximate surface area is 109 Å². The lowest BCUT2D eigenvalue weighted by Crippen LogP contribution is -2.25. The van der Waals surface area contributed by atoms with Crippen LogP contribution in [0.1, 0.15) is 32.4 Å². The van der Waals surface area contributed by atoms with Gasteiger partial charge in [0.05, 0.1) is 12.7 Å². The van der Waals surface area contributed by atoms with Crippen LogP contribution in [0, 0.1) is 0 Å². The van der Waals surface area contributed by atoms with Gasteiger partial charge in [-0.05, 0) is 38.5 Å². The molecular formula is C14H23NO3. The van der Waals surface area contributed by atoms with Gasteiger partial charge < -0.3 is 20.3 Å². The van der Waals surface area contributed by atoms with Crippen molar-refractivity contribution in [2.24, 2.45) is 5.73 Å². The third-order valence-corrected chi connectivity index (χ3v) is 2.47. The lowest BCUT2D eigenvalue weighted by atomic mass is 10.1. The van der Waals surface area contributed by atoms with Crippen LogP contribution < -0.4 is 10.5 Å². The summed E-state index contributed by atoms with van der Waals surface area (Å²) in [7, 11) is 0. The highest BCUT2D eigenvalue weighted by Crippen LogP contribution is 2.16. The highest BCUT2D eigenvalue weighted by atomic mass is 16.5. The molecule has 102 valence electrons. The molecule has 4 nitrogen and oxygen atoms in total. The molecule has 2 atom stereocenters. The smallest absolute Gasteiger partial charge is 0.119 e. The number of aliphatic hydroxyl groups is 1. The van der Waals surface area contributed by atoms with E-state index in [1.807, 2.05) is 45.0 Å². The van der Waals surface area contributed by atoms with Gasteiger partial charge in [-0.15, -0.1) is 0 Å². The van der Waals surface area contributed by atoms with Crippen molar-refractivity contribution in [3.05, 3.63) is 29.8 Å². The Morgan fingerprint density at radius 2 is 1.72 bits per heavy atom. The van der Waals surface area contributed by atoms with Crippen molar-refractivity contribution in [2.45, 2.75) is 39.0 Å². The summed E-state index contributed by atoms with van der Waals surface area (Å²) in [4.78, 5) is 0. The van der Waals surface area contributed by atoms with Crippen molar-refractivity contribution < 1.29 is 14.6 Å². The zero-order chi connectivity index (χ0) is 13.5. The normalized spacial score (nSPS) is 14.6. The molecule has 18 heavy (non-hydrogen) atoms. The molecule has 0 saturated heterocycles. The molecule has 1 rings (SSSR count). The number of hydrogen-bond donors (Lipinski definition) is 2. The second-order valence-corrected chi connectivity index (χ2v) is 4.70. The summed E-state index contributed by atoms with van der Waals surface area (Å²) >= 11 is 0. The average molecular weight is 253 g/mol. The molecule has 0 fully saturated rings. The largest absolute Gasteiger partial charge is 0.491 e. The van der Waals surface area contributed by atoms with E-state index in [1.54, 1.807) is 0 Å². The van der Waals surface area contributed by atoms with E-state index in [-0.39, 0.29) is 25.4 Å². The molecule has 0 amide bonds. The lowest BCUT2D eigenvalue weighted by molar-refractivity contribution is -0.0122. The number of rotatable bonds is 7. The van der Waals surface area contributed by atoms with Crippen LogP contribution in [-0.2, 0) is 4.74 Å². The maximum atomic E-state index is 9.63. The van der Waals surface area contributed by atoms with E-state index < -0.39 is 6.10 Å². The molecule has 0 aromatic heterocycles. The lowest BCUT2D eigenvalue weighted by Gasteiger charge is -2.15. The molecule has 0 saturated carbocycles. The van der Waals surface area contributed by atoms with Crippen LogP contribution in [0.15, 0.2) is 24.3 Å². The third kappa shape index (κ3) is 5.49. The van der Waals surface area contributed by atoms with Crippen LogP contribution in [0.3, 0.4) is 0 Å². The van der Waals surface area contributed by atoms with Crippen molar-refractivity contribution >= 4 is 0 Å². The molecule has 1 aromatic rings. The zero-order valence-corrected chi connectivity index (χ0v) is 11.3. The van der Waals surface area contributed by atoms with Crippen molar-refractivity contribution in [1.82, 2.24) is 0 Å². The van der Waals surface area contributed by atoms with E-state index in [4.69, 9.17) is 15.2 Å². The summed E-state index contributed by atoms with van der Waals surface area (Å²) < 4.78 is 10.8. The second-order valence-electron chi connectivity index (χ2n) is 4.70. The van der Waals surface area contributed by atoms with Crippen LogP contribution in [-0.4, -0.2) is 30.5 Å². The standard InChI is InChI=1S/C14H23NO3/c1-10(2)17-8-13(16)9-18-14-6-4-12(5-7-14)11(3)15/h4-7,10-11,13,16H,8-9,15H2,1-3H3/t11-,13?/m1/s1. The third-order valence-electron chi connectivity index (χ3n) is 2.47. The fourth-order valence-electron chi connectivity index (χ4n) is 1.41. The Bertz CT molecular complexity index is 335. The fraction of sp³-hybridized carbons (Fsp3) is 0.571. The summed E-state index contributed by atoms with van der Waals surface area (Å²) in [6.07, 6.45) is -0.495. The molecule has 0 radical (unpaired) electrons. The van der Waals surface area contributed by atoms with Gasteiger partial charge >= 0.3 is 0 Å². The van der Waals surface area contributed by atoms with E-state index >= 15 is 0 Å². The number of ether oxygens (including phenoxy) is 2. The summed E-state index contributed by atoms with van der Waals surface area (Å²) in [5.74, 6) is 0.725. The van der Waals surface area contributed by atoms with Crippen LogP contribution in [0.25, 0.3) is 0 Å². The zero-order valence-electron chi connectivity index (χ0n) is 11.3. The summed E-state index contributed by atoms with van der Waals surface area (Å²) in [6.45, 7) is 6.31. The molecule has 0 spiro atoms. The van der Waals surface area contributed by atoms with Crippen molar-refractivity contribution in [3.63, 3.8) is 0 Å². The highest BCUT2D eigenvalue weighted by molar-refractivity contribution is 5.28. The van der Waals surface area contributed by atoms with E-state index in [9.17, 15) is 5.11 Å². The van der Waals surface area contributed by atoms with Gasteiger partial charge in [0, 0.05) is 6.04 Å². The first-order valence-corrected chi connectivity index (χ1v) is 6.27. The minimum absolute atomic E-state index is 0.0177. The van der Waals surface area contributed by atoms with Crippen molar-refractivity contribution in [3.8, 4) is 5.75 Å². The van der Waals surface area contributed by atoms with Gasteiger partial charge in [-0.1, -0.05) is 12.1 Å². The average Bonchev–Trinajstić information content (AvgIpc) is 2.34.